The van der Waals surface area contributed by atoms with Crippen molar-refractivity contribution in [2.45, 2.75) is 19.4 Å². The molecular weight excluding hydrogens is 180 g/mol. The Morgan fingerprint density at radius 3 is 2.86 bits per heavy atom. The fourth-order valence-corrected chi connectivity index (χ4v) is 1.00. The van der Waals surface area contributed by atoms with Gasteiger partial charge in [-0.3, -0.25) is 4.98 Å². The Balaban J connectivity index is 2.47. The second kappa shape index (κ2) is 5.57. The molecule has 0 fully saturated rings. The third-order valence-corrected chi connectivity index (χ3v) is 1.80. The molecular formula is C10H16N2O2. The molecule has 0 radical (unpaired) electrons. The highest BCUT2D eigenvalue weighted by atomic mass is 16.5. The number of nitrogens with two attached hydrogens (primary N) is 1. The second-order valence-corrected chi connectivity index (χ2v) is 3.13. The molecule has 1 aromatic rings. The molecule has 0 saturated heterocycles. The summed E-state index contributed by atoms with van der Waals surface area (Å²) in [5.74, 6) is 0.711. The quantitative estimate of drug-likeness (QED) is 0.685. The van der Waals surface area contributed by atoms with Gasteiger partial charge in [0.2, 0.25) is 0 Å². The van der Waals surface area contributed by atoms with E-state index in [1.54, 1.807) is 6.20 Å². The van der Waals surface area contributed by atoms with Gasteiger partial charge in [-0.05, 0) is 19.1 Å². The molecule has 0 aliphatic rings. The smallest absolute Gasteiger partial charge is 0.137 e. The van der Waals surface area contributed by atoms with Crippen LogP contribution in [0.15, 0.2) is 18.3 Å². The fraction of sp³-hybridized carbons (Fsp3) is 0.500. The van der Waals surface area contributed by atoms with Crippen molar-refractivity contribution < 1.29 is 9.84 Å². The lowest BCUT2D eigenvalue weighted by molar-refractivity contribution is 0.233. The maximum absolute atomic E-state index is 8.55. The molecule has 1 aromatic heterocycles. The number of pyridine rings is 1. The van der Waals surface area contributed by atoms with Crippen LogP contribution in [0.4, 0.5) is 0 Å². The maximum Gasteiger partial charge on any atom is 0.137 e. The van der Waals surface area contributed by atoms with Crippen LogP contribution in [0.25, 0.3) is 0 Å². The van der Waals surface area contributed by atoms with Crippen molar-refractivity contribution in [2.24, 2.45) is 5.73 Å². The standard InChI is InChI=1S/C10H16N2O2/c1-8(11)10-4-3-9(7-12-10)14-6-2-5-13/h3-4,7-8,13H,2,5-6,11H2,1H3/t8-/m0/s1. The molecule has 4 heteroatoms. The van der Waals surface area contributed by atoms with E-state index >= 15 is 0 Å². The van der Waals surface area contributed by atoms with Gasteiger partial charge < -0.3 is 15.6 Å². The number of ether oxygens (including phenoxy) is 1. The summed E-state index contributed by atoms with van der Waals surface area (Å²) in [7, 11) is 0. The van der Waals surface area contributed by atoms with Crippen LogP contribution in [0.1, 0.15) is 25.1 Å². The van der Waals surface area contributed by atoms with E-state index < -0.39 is 0 Å². The summed E-state index contributed by atoms with van der Waals surface area (Å²) in [6.07, 6.45) is 2.28. The largest absolute Gasteiger partial charge is 0.492 e. The average Bonchev–Trinajstić information content (AvgIpc) is 2.19. The monoisotopic (exact) mass is 196 g/mol. The Morgan fingerprint density at radius 2 is 2.36 bits per heavy atom. The van der Waals surface area contributed by atoms with Crippen LogP contribution in [-0.2, 0) is 0 Å². The van der Waals surface area contributed by atoms with Gasteiger partial charge in [0, 0.05) is 19.1 Å². The lowest BCUT2D eigenvalue weighted by Crippen LogP contribution is -2.07. The number of aromatic nitrogens is 1. The van der Waals surface area contributed by atoms with E-state index in [0.29, 0.717) is 18.8 Å². The number of aliphatic hydroxyl groups excluding tert-OH is 1. The molecule has 1 atom stereocenters. The Hall–Kier alpha value is -1.13. The van der Waals surface area contributed by atoms with Crippen LogP contribution in [0, 0.1) is 0 Å². The number of hydrogen-bond acceptors (Lipinski definition) is 4. The Labute approximate surface area is 83.7 Å². The molecule has 0 aliphatic carbocycles. The number of hydrogen-bond donors (Lipinski definition) is 2. The van der Waals surface area contributed by atoms with Crippen molar-refractivity contribution in [1.82, 2.24) is 4.98 Å². The zero-order valence-corrected chi connectivity index (χ0v) is 8.31. The molecule has 1 heterocycles. The minimum Gasteiger partial charge on any atom is -0.492 e. The zero-order valence-electron chi connectivity index (χ0n) is 8.31. The SMILES string of the molecule is C[C@H](N)c1ccc(OCCCO)cn1. The van der Waals surface area contributed by atoms with Crippen LogP contribution in [0.2, 0.25) is 0 Å². The highest BCUT2D eigenvalue weighted by Crippen LogP contribution is 2.12. The van der Waals surface area contributed by atoms with E-state index in [4.69, 9.17) is 15.6 Å². The number of aliphatic hydroxyl groups is 1. The van der Waals surface area contributed by atoms with Crippen LogP contribution in [0.5, 0.6) is 5.75 Å². The first-order valence-electron chi connectivity index (χ1n) is 4.69. The minimum absolute atomic E-state index is 0.0542. The molecule has 0 amide bonds. The molecule has 0 aliphatic heterocycles. The Kier molecular flexibility index (Phi) is 4.35. The van der Waals surface area contributed by atoms with Crippen molar-refractivity contribution in [3.05, 3.63) is 24.0 Å². The van der Waals surface area contributed by atoms with Crippen LogP contribution in [-0.4, -0.2) is 23.3 Å². The first kappa shape index (κ1) is 10.9. The lowest BCUT2D eigenvalue weighted by atomic mass is 10.2. The summed E-state index contributed by atoms with van der Waals surface area (Å²) in [4.78, 5) is 4.14. The van der Waals surface area contributed by atoms with E-state index in [2.05, 4.69) is 4.98 Å². The molecule has 4 nitrogen and oxygen atoms in total. The second-order valence-electron chi connectivity index (χ2n) is 3.13. The van der Waals surface area contributed by atoms with Gasteiger partial charge in [-0.25, -0.2) is 0 Å². The van der Waals surface area contributed by atoms with Gasteiger partial charge in [-0.1, -0.05) is 0 Å². The van der Waals surface area contributed by atoms with Crippen molar-refractivity contribution in [3.8, 4) is 5.75 Å². The van der Waals surface area contributed by atoms with E-state index in [1.165, 1.54) is 0 Å². The average molecular weight is 196 g/mol. The van der Waals surface area contributed by atoms with Crippen molar-refractivity contribution in [2.75, 3.05) is 13.2 Å². The summed E-state index contributed by atoms with van der Waals surface area (Å²) in [5.41, 5.74) is 6.50. The van der Waals surface area contributed by atoms with Crippen LogP contribution in [0.3, 0.4) is 0 Å². The topological polar surface area (TPSA) is 68.4 Å². The minimum atomic E-state index is -0.0542. The Morgan fingerprint density at radius 1 is 1.57 bits per heavy atom. The molecule has 0 unspecified atom stereocenters. The molecule has 0 bridgehead atoms. The molecule has 3 N–H and O–H groups in total. The fourth-order valence-electron chi connectivity index (χ4n) is 1.00. The summed E-state index contributed by atoms with van der Waals surface area (Å²) in [5, 5.41) is 8.55. The maximum atomic E-state index is 8.55. The molecule has 78 valence electrons. The van der Waals surface area contributed by atoms with Gasteiger partial charge in [-0.2, -0.15) is 0 Å². The molecule has 1 rings (SSSR count). The molecule has 0 spiro atoms. The predicted molar refractivity (Wildman–Crippen MR) is 54.0 cm³/mol. The lowest BCUT2D eigenvalue weighted by Gasteiger charge is -2.07. The Bertz CT molecular complexity index is 259. The first-order valence-corrected chi connectivity index (χ1v) is 4.69. The first-order chi connectivity index (χ1) is 6.74. The van der Waals surface area contributed by atoms with Gasteiger partial charge in [0.15, 0.2) is 0 Å². The van der Waals surface area contributed by atoms with Gasteiger partial charge >= 0.3 is 0 Å². The van der Waals surface area contributed by atoms with E-state index in [1.807, 2.05) is 19.1 Å². The van der Waals surface area contributed by atoms with Gasteiger partial charge in [-0.15, -0.1) is 0 Å². The molecule has 14 heavy (non-hydrogen) atoms. The van der Waals surface area contributed by atoms with Gasteiger partial charge in [0.25, 0.3) is 0 Å². The van der Waals surface area contributed by atoms with Crippen LogP contribution < -0.4 is 10.5 Å². The molecule has 0 saturated carbocycles. The highest BCUT2D eigenvalue weighted by Gasteiger charge is 2.00. The van der Waals surface area contributed by atoms with Crippen molar-refractivity contribution in [1.29, 1.82) is 0 Å². The summed E-state index contributed by atoms with van der Waals surface area (Å²) >= 11 is 0. The number of nitrogens with zero attached hydrogens (tertiary/aromatic N) is 1. The highest BCUT2D eigenvalue weighted by molar-refractivity contribution is 5.21. The van der Waals surface area contributed by atoms with Crippen molar-refractivity contribution >= 4 is 0 Å². The summed E-state index contributed by atoms with van der Waals surface area (Å²) < 4.78 is 5.32. The molecule has 0 aromatic carbocycles. The third kappa shape index (κ3) is 3.32. The van der Waals surface area contributed by atoms with E-state index in [-0.39, 0.29) is 12.6 Å². The summed E-state index contributed by atoms with van der Waals surface area (Å²) in [6.45, 7) is 2.54. The normalized spacial score (nSPS) is 12.5. The zero-order chi connectivity index (χ0) is 10.4. The van der Waals surface area contributed by atoms with E-state index in [9.17, 15) is 0 Å². The van der Waals surface area contributed by atoms with Crippen LogP contribution >= 0.6 is 0 Å². The predicted octanol–water partition coefficient (Wildman–Crippen LogP) is 0.863. The van der Waals surface area contributed by atoms with Gasteiger partial charge in [0.05, 0.1) is 18.5 Å². The summed E-state index contributed by atoms with van der Waals surface area (Å²) in [6, 6.07) is 3.63. The third-order valence-electron chi connectivity index (χ3n) is 1.80. The van der Waals surface area contributed by atoms with Crippen molar-refractivity contribution in [3.63, 3.8) is 0 Å². The number of rotatable bonds is 5. The van der Waals surface area contributed by atoms with Gasteiger partial charge in [0.1, 0.15) is 5.75 Å². The van der Waals surface area contributed by atoms with E-state index in [0.717, 1.165) is 5.69 Å².